The highest BCUT2D eigenvalue weighted by molar-refractivity contribution is 6.09. The first-order valence-electron chi connectivity index (χ1n) is 16.5. The highest BCUT2D eigenvalue weighted by Crippen LogP contribution is 2.42. The van der Waals surface area contributed by atoms with E-state index in [1.807, 2.05) is 37.3 Å². The first kappa shape index (κ1) is 33.3. The first-order valence-corrected chi connectivity index (χ1v) is 16.5. The topological polar surface area (TPSA) is 90.8 Å². The maximum absolute atomic E-state index is 13.7. The van der Waals surface area contributed by atoms with Crippen LogP contribution in [0.5, 0.6) is 0 Å². The normalized spacial score (nSPS) is 11.6. The van der Waals surface area contributed by atoms with Gasteiger partial charge in [0.15, 0.2) is 5.78 Å². The van der Waals surface area contributed by atoms with Crippen molar-refractivity contribution in [1.82, 2.24) is 14.9 Å². The molecule has 1 aromatic heterocycles. The van der Waals surface area contributed by atoms with Gasteiger partial charge in [-0.1, -0.05) is 24.3 Å². The summed E-state index contributed by atoms with van der Waals surface area (Å²) in [5.74, 6) is 0.509. The molecule has 8 heteroatoms. The maximum Gasteiger partial charge on any atom is 0.251 e. The molecule has 0 bridgehead atoms. The van der Waals surface area contributed by atoms with Gasteiger partial charge in [-0.3, -0.25) is 14.6 Å². The first-order chi connectivity index (χ1) is 22.8. The average Bonchev–Trinajstić information content (AvgIpc) is 3.10. The quantitative estimate of drug-likeness (QED) is 0.0545. The molecule has 5 rings (SSSR count). The molecule has 0 saturated heterocycles. The second-order valence-corrected chi connectivity index (χ2v) is 11.4. The number of hydrogen-bond donors (Lipinski definition) is 1. The Bertz CT molecular complexity index is 1980. The number of pyridine rings is 1. The summed E-state index contributed by atoms with van der Waals surface area (Å²) in [5.41, 5.74) is 6.98. The molecule has 1 aliphatic carbocycles. The molecule has 242 valence electrons. The highest BCUT2D eigenvalue weighted by atomic mass is 16.3. The summed E-state index contributed by atoms with van der Waals surface area (Å²) in [5, 5.41) is 5.11. The van der Waals surface area contributed by atoms with Crippen LogP contribution in [0.2, 0.25) is 0 Å². The SMILES string of the molecule is CCN(CC)c1ccc2c(-c3ccccc3C(=O)NCCN=C(C)c3cccc(C(C)=O)n3)c3ccc(=[N+](CC)CC)cc-3oc2c1. The molecule has 2 heterocycles. The Labute approximate surface area is 276 Å². The summed E-state index contributed by atoms with van der Waals surface area (Å²) >= 11 is 0. The molecule has 0 radical (unpaired) electrons. The van der Waals surface area contributed by atoms with E-state index in [9.17, 15) is 9.59 Å². The van der Waals surface area contributed by atoms with Crippen molar-refractivity contribution >= 4 is 34.1 Å². The summed E-state index contributed by atoms with van der Waals surface area (Å²) in [6, 6.07) is 25.8. The molecule has 0 atom stereocenters. The fraction of sp³-hybridized carbons (Fsp3) is 0.308. The maximum atomic E-state index is 13.7. The molecule has 0 fully saturated rings. The van der Waals surface area contributed by atoms with Crippen molar-refractivity contribution in [1.29, 1.82) is 0 Å². The number of hydrogen-bond acceptors (Lipinski definition) is 6. The third-order valence-electron chi connectivity index (χ3n) is 8.61. The summed E-state index contributed by atoms with van der Waals surface area (Å²) in [4.78, 5) is 36.8. The van der Waals surface area contributed by atoms with Gasteiger partial charge in [0.05, 0.1) is 24.0 Å². The van der Waals surface area contributed by atoms with Crippen molar-refractivity contribution < 1.29 is 14.0 Å². The molecule has 47 heavy (non-hydrogen) atoms. The molecule has 2 aromatic carbocycles. The van der Waals surface area contributed by atoms with Crippen LogP contribution in [0.3, 0.4) is 0 Å². The lowest BCUT2D eigenvalue weighted by molar-refractivity contribution is 0.0954. The molecular weight excluding hydrogens is 586 g/mol. The lowest BCUT2D eigenvalue weighted by atomic mass is 9.90. The number of amides is 1. The van der Waals surface area contributed by atoms with Gasteiger partial charge in [0, 0.05) is 66.5 Å². The fourth-order valence-corrected chi connectivity index (χ4v) is 6.03. The molecule has 0 spiro atoms. The number of aliphatic imine (C=N–C) groups is 1. The van der Waals surface area contributed by atoms with Crippen molar-refractivity contribution in [2.24, 2.45) is 4.99 Å². The van der Waals surface area contributed by atoms with Gasteiger partial charge in [-0.15, -0.1) is 0 Å². The molecule has 1 aliphatic heterocycles. The predicted molar refractivity (Wildman–Crippen MR) is 192 cm³/mol. The lowest BCUT2D eigenvalue weighted by Gasteiger charge is -2.22. The Kier molecular flexibility index (Phi) is 10.6. The van der Waals surface area contributed by atoms with Crippen LogP contribution < -0.4 is 20.1 Å². The monoisotopic (exact) mass is 630 g/mol. The van der Waals surface area contributed by atoms with Gasteiger partial charge in [-0.2, -0.15) is 0 Å². The van der Waals surface area contributed by atoms with Crippen molar-refractivity contribution in [2.45, 2.75) is 41.5 Å². The van der Waals surface area contributed by atoms with E-state index >= 15 is 0 Å². The number of benzene rings is 3. The Morgan fingerprint density at radius 2 is 1.60 bits per heavy atom. The van der Waals surface area contributed by atoms with Gasteiger partial charge in [0.1, 0.15) is 30.1 Å². The molecule has 1 amide bonds. The van der Waals surface area contributed by atoms with E-state index in [1.165, 1.54) is 6.92 Å². The number of Topliss-reactive ketones (excluding diaryl/α,β-unsaturated/α-hetero) is 1. The standard InChI is InChI=1S/C39H43N5O3/c1-7-43(8-2)28-18-20-32-36(24-28)47-37-25-29(44(9-3)10-4)19-21-33(37)38(32)30-14-11-12-15-31(30)39(46)41-23-22-40-26(5)34-16-13-17-35(42-34)27(6)45/h11-21,24-25H,7-10,22-23H2,1-6H3/p+1. The molecule has 0 saturated carbocycles. The molecule has 8 nitrogen and oxygen atoms in total. The third-order valence-corrected chi connectivity index (χ3v) is 8.61. The zero-order chi connectivity index (χ0) is 33.5. The largest absolute Gasteiger partial charge is 0.456 e. The average molecular weight is 631 g/mol. The van der Waals surface area contributed by atoms with Crippen molar-refractivity contribution in [3.63, 3.8) is 0 Å². The number of rotatable bonds is 12. The minimum atomic E-state index is -0.174. The number of nitrogens with one attached hydrogen (secondary N) is 1. The van der Waals surface area contributed by atoms with Crippen LogP contribution in [-0.2, 0) is 0 Å². The number of nitrogens with zero attached hydrogens (tertiary/aromatic N) is 4. The van der Waals surface area contributed by atoms with Gasteiger partial charge in [-0.25, -0.2) is 9.56 Å². The lowest BCUT2D eigenvalue weighted by Crippen LogP contribution is -2.29. The van der Waals surface area contributed by atoms with Crippen molar-refractivity contribution in [3.8, 4) is 22.5 Å². The Hall–Kier alpha value is -5.11. The number of carbonyl (C=O) groups excluding carboxylic acids is 2. The summed E-state index contributed by atoms with van der Waals surface area (Å²) in [6.07, 6.45) is 0. The summed E-state index contributed by atoms with van der Waals surface area (Å²) < 4.78 is 8.93. The minimum absolute atomic E-state index is 0.0908. The van der Waals surface area contributed by atoms with Crippen molar-refractivity contribution in [3.05, 3.63) is 101 Å². The van der Waals surface area contributed by atoms with Gasteiger partial charge >= 0.3 is 0 Å². The van der Waals surface area contributed by atoms with Gasteiger partial charge in [0.25, 0.3) is 5.91 Å². The number of aromatic nitrogens is 1. The molecule has 3 aromatic rings. The van der Waals surface area contributed by atoms with Gasteiger partial charge in [0.2, 0.25) is 5.36 Å². The Morgan fingerprint density at radius 3 is 2.32 bits per heavy atom. The molecular formula is C39H44N5O3+. The van der Waals surface area contributed by atoms with E-state index < -0.39 is 0 Å². The predicted octanol–water partition coefficient (Wildman–Crippen LogP) is 6.70. The van der Waals surface area contributed by atoms with Crippen LogP contribution in [0, 0.1) is 0 Å². The Balaban J connectivity index is 1.53. The molecule has 2 aliphatic rings. The zero-order valence-corrected chi connectivity index (χ0v) is 28.3. The van der Waals surface area contributed by atoms with E-state index in [0.29, 0.717) is 35.8 Å². The fourth-order valence-electron chi connectivity index (χ4n) is 6.03. The second kappa shape index (κ2) is 15.0. The second-order valence-electron chi connectivity index (χ2n) is 11.4. The van der Waals surface area contributed by atoms with Crippen LogP contribution in [0.25, 0.3) is 33.4 Å². The van der Waals surface area contributed by atoms with Gasteiger partial charge in [-0.05, 0) is 76.6 Å². The van der Waals surface area contributed by atoms with E-state index in [4.69, 9.17) is 4.42 Å². The molecule has 0 unspecified atom stereocenters. The number of carbonyl (C=O) groups is 2. The van der Waals surface area contributed by atoms with Crippen LogP contribution >= 0.6 is 0 Å². The summed E-state index contributed by atoms with van der Waals surface area (Å²) in [7, 11) is 0. The van der Waals surface area contributed by atoms with Crippen LogP contribution in [0.15, 0.2) is 88.3 Å². The smallest absolute Gasteiger partial charge is 0.251 e. The minimum Gasteiger partial charge on any atom is -0.456 e. The number of anilines is 1. The van der Waals surface area contributed by atoms with Crippen LogP contribution in [0.4, 0.5) is 5.69 Å². The van der Waals surface area contributed by atoms with Crippen LogP contribution in [-0.4, -0.2) is 61.7 Å². The van der Waals surface area contributed by atoms with E-state index in [2.05, 4.69) is 88.9 Å². The van der Waals surface area contributed by atoms with E-state index in [0.717, 1.165) is 70.6 Å². The van der Waals surface area contributed by atoms with Crippen molar-refractivity contribution in [2.75, 3.05) is 44.2 Å². The van der Waals surface area contributed by atoms with Gasteiger partial charge < -0.3 is 14.6 Å². The Morgan fingerprint density at radius 1 is 0.851 bits per heavy atom. The molecule has 1 N–H and O–H groups in total. The zero-order valence-electron chi connectivity index (χ0n) is 28.3. The number of ketones is 1. The van der Waals surface area contributed by atoms with Crippen LogP contribution in [0.1, 0.15) is 68.1 Å². The van der Waals surface area contributed by atoms with E-state index in [-0.39, 0.29) is 11.7 Å². The third kappa shape index (κ3) is 7.17. The summed E-state index contributed by atoms with van der Waals surface area (Å²) in [6.45, 7) is 16.2. The highest BCUT2D eigenvalue weighted by Gasteiger charge is 2.23. The number of fused-ring (bicyclic) bond motifs is 2. The van der Waals surface area contributed by atoms with E-state index in [1.54, 1.807) is 12.1 Å².